The van der Waals surface area contributed by atoms with Gasteiger partial charge >= 0.3 is 0 Å². The summed E-state index contributed by atoms with van der Waals surface area (Å²) in [6.45, 7) is 0. The molecule has 0 saturated heterocycles. The zero-order valence-corrected chi connectivity index (χ0v) is 29.9. The van der Waals surface area contributed by atoms with Crippen molar-refractivity contribution in [3.63, 3.8) is 0 Å². The van der Waals surface area contributed by atoms with Crippen molar-refractivity contribution >= 4 is 76.2 Å². The van der Waals surface area contributed by atoms with E-state index in [0.717, 1.165) is 104 Å². The van der Waals surface area contributed by atoms with E-state index in [-0.39, 0.29) is 0 Å². The largest absolute Gasteiger partial charge is 0.456 e. The Bertz CT molecular complexity index is 3550. The summed E-state index contributed by atoms with van der Waals surface area (Å²) >= 11 is 0. The first-order chi connectivity index (χ1) is 27.8. The van der Waals surface area contributed by atoms with Gasteiger partial charge in [0.2, 0.25) is 0 Å². The number of rotatable bonds is 4. The molecule has 0 radical (unpaired) electrons. The van der Waals surface area contributed by atoms with E-state index in [1.165, 1.54) is 0 Å². The average Bonchev–Trinajstić information content (AvgIpc) is 3.84. The van der Waals surface area contributed by atoms with E-state index in [1.54, 1.807) is 0 Å². The van der Waals surface area contributed by atoms with Crippen LogP contribution in [0.15, 0.2) is 185 Å². The Kier molecular flexibility index (Phi) is 6.56. The summed E-state index contributed by atoms with van der Waals surface area (Å²) in [6.07, 6.45) is 0. The lowest BCUT2D eigenvalue weighted by atomic mass is 9.91. The molecule has 0 aliphatic rings. The maximum atomic E-state index is 6.46. The van der Waals surface area contributed by atoms with Crippen LogP contribution in [-0.4, -0.2) is 15.0 Å². The van der Waals surface area contributed by atoms with Crippen molar-refractivity contribution < 1.29 is 8.83 Å². The van der Waals surface area contributed by atoms with Crippen molar-refractivity contribution in [1.29, 1.82) is 0 Å². The van der Waals surface area contributed by atoms with Gasteiger partial charge < -0.3 is 8.83 Å². The van der Waals surface area contributed by atoms with Crippen molar-refractivity contribution in [3.8, 4) is 45.3 Å². The number of nitrogens with zero attached hydrogens (tertiary/aromatic N) is 3. The minimum Gasteiger partial charge on any atom is -0.456 e. The number of hydrogen-bond acceptors (Lipinski definition) is 5. The van der Waals surface area contributed by atoms with E-state index in [0.29, 0.717) is 17.5 Å². The molecule has 0 aliphatic heterocycles. The lowest BCUT2D eigenvalue weighted by molar-refractivity contribution is 0.669. The maximum absolute atomic E-state index is 6.46. The van der Waals surface area contributed by atoms with Crippen LogP contribution in [0.3, 0.4) is 0 Å². The SMILES string of the molecule is c1ccc2c(-c3nc(-c4cccc5c(-c6cc7c8ccccc8oc7c7ccccc67)cccc45)nc(-c4cccc5oc6ccccc6c45)n3)cccc2c1. The number of benzene rings is 9. The number of aromatic nitrogens is 3. The van der Waals surface area contributed by atoms with Gasteiger partial charge in [-0.2, -0.15) is 0 Å². The number of fused-ring (bicyclic) bond motifs is 10. The van der Waals surface area contributed by atoms with Gasteiger partial charge in [-0.25, -0.2) is 15.0 Å². The van der Waals surface area contributed by atoms with Crippen LogP contribution in [0, 0.1) is 0 Å². The first-order valence-electron chi connectivity index (χ1n) is 18.8. The van der Waals surface area contributed by atoms with E-state index in [1.807, 2.05) is 42.5 Å². The van der Waals surface area contributed by atoms with E-state index in [2.05, 4.69) is 133 Å². The molecule has 0 aliphatic carbocycles. The highest BCUT2D eigenvalue weighted by molar-refractivity contribution is 6.21. The summed E-state index contributed by atoms with van der Waals surface area (Å²) in [5.74, 6) is 1.81. The molecular formula is C51H29N3O2. The Morgan fingerprint density at radius 1 is 0.286 bits per heavy atom. The lowest BCUT2D eigenvalue weighted by Gasteiger charge is -2.14. The van der Waals surface area contributed by atoms with E-state index in [9.17, 15) is 0 Å². The van der Waals surface area contributed by atoms with Crippen LogP contribution in [0.25, 0.3) is 121 Å². The minimum absolute atomic E-state index is 0.589. The number of furan rings is 2. The summed E-state index contributed by atoms with van der Waals surface area (Å²) in [5.41, 5.74) is 8.46. The number of para-hydroxylation sites is 2. The van der Waals surface area contributed by atoms with E-state index < -0.39 is 0 Å². The number of hydrogen-bond donors (Lipinski definition) is 0. The molecule has 0 amide bonds. The van der Waals surface area contributed by atoms with Crippen LogP contribution in [0.2, 0.25) is 0 Å². The third-order valence-electron chi connectivity index (χ3n) is 11.1. The summed E-state index contributed by atoms with van der Waals surface area (Å²) in [4.78, 5) is 15.8. The quantitative estimate of drug-likeness (QED) is 0.181. The predicted octanol–water partition coefficient (Wildman–Crippen LogP) is 13.8. The highest BCUT2D eigenvalue weighted by Gasteiger charge is 2.21. The van der Waals surface area contributed by atoms with Gasteiger partial charge in [0.1, 0.15) is 22.3 Å². The van der Waals surface area contributed by atoms with Gasteiger partial charge in [0, 0.05) is 43.6 Å². The van der Waals surface area contributed by atoms with Gasteiger partial charge in [-0.1, -0.05) is 152 Å². The van der Waals surface area contributed by atoms with Gasteiger partial charge in [-0.15, -0.1) is 0 Å². The van der Waals surface area contributed by atoms with Gasteiger partial charge in [0.05, 0.1) is 0 Å². The highest BCUT2D eigenvalue weighted by Crippen LogP contribution is 2.43. The van der Waals surface area contributed by atoms with Gasteiger partial charge in [-0.05, 0) is 62.3 Å². The second-order valence-corrected chi connectivity index (χ2v) is 14.3. The van der Waals surface area contributed by atoms with Crippen LogP contribution in [-0.2, 0) is 0 Å². The highest BCUT2D eigenvalue weighted by atomic mass is 16.3. The van der Waals surface area contributed by atoms with Crippen molar-refractivity contribution in [1.82, 2.24) is 15.0 Å². The van der Waals surface area contributed by atoms with Gasteiger partial charge in [0.25, 0.3) is 0 Å². The average molecular weight is 716 g/mol. The smallest absolute Gasteiger partial charge is 0.164 e. The van der Waals surface area contributed by atoms with Crippen LogP contribution in [0.4, 0.5) is 0 Å². The fourth-order valence-electron chi connectivity index (χ4n) is 8.63. The second kappa shape index (κ2) is 11.9. The molecule has 12 rings (SSSR count). The first-order valence-corrected chi connectivity index (χ1v) is 18.8. The van der Waals surface area contributed by atoms with Crippen molar-refractivity contribution in [2.45, 2.75) is 0 Å². The molecule has 0 saturated carbocycles. The van der Waals surface area contributed by atoms with Crippen LogP contribution < -0.4 is 0 Å². The van der Waals surface area contributed by atoms with Crippen LogP contribution >= 0.6 is 0 Å². The molecule has 260 valence electrons. The molecule has 9 aromatic carbocycles. The Balaban J connectivity index is 1.13. The van der Waals surface area contributed by atoms with Gasteiger partial charge in [-0.3, -0.25) is 0 Å². The molecule has 5 heteroatoms. The van der Waals surface area contributed by atoms with E-state index >= 15 is 0 Å². The molecule has 0 N–H and O–H groups in total. The van der Waals surface area contributed by atoms with Crippen LogP contribution in [0.5, 0.6) is 0 Å². The zero-order chi connectivity index (χ0) is 36.7. The molecule has 0 fully saturated rings. The Labute approximate surface area is 320 Å². The van der Waals surface area contributed by atoms with Crippen molar-refractivity contribution in [2.24, 2.45) is 0 Å². The minimum atomic E-state index is 0.589. The molecule has 0 spiro atoms. The Morgan fingerprint density at radius 2 is 0.750 bits per heavy atom. The zero-order valence-electron chi connectivity index (χ0n) is 29.9. The molecule has 3 heterocycles. The summed E-state index contributed by atoms with van der Waals surface area (Å²) in [6, 6.07) is 61.0. The maximum Gasteiger partial charge on any atom is 0.164 e. The molecule has 0 unspecified atom stereocenters. The molecule has 0 atom stereocenters. The fraction of sp³-hybridized carbons (Fsp3) is 0. The molecule has 12 aromatic rings. The second-order valence-electron chi connectivity index (χ2n) is 14.3. The Hall–Kier alpha value is -7.63. The summed E-state index contributed by atoms with van der Waals surface area (Å²) < 4.78 is 12.8. The Morgan fingerprint density at radius 3 is 1.54 bits per heavy atom. The third-order valence-corrected chi connectivity index (χ3v) is 11.1. The molecule has 0 bridgehead atoms. The van der Waals surface area contributed by atoms with Crippen molar-refractivity contribution in [2.75, 3.05) is 0 Å². The lowest BCUT2D eigenvalue weighted by Crippen LogP contribution is -2.01. The molecule has 5 nitrogen and oxygen atoms in total. The van der Waals surface area contributed by atoms with Gasteiger partial charge in [0.15, 0.2) is 17.5 Å². The standard InChI is InChI=1S/C51H29N3O2/c1-2-15-31-30(13-1)14-9-23-38(31)49-52-50(54-51(53-49)41-25-12-28-46-47(41)40-19-6-8-27-45(40)55-46)39-24-11-20-32-33(39)21-10-22-34(32)42-29-43-36-17-5-7-26-44(36)56-48(43)37-18-4-3-16-35(37)42/h1-29H. The third kappa shape index (κ3) is 4.58. The predicted molar refractivity (Wildman–Crippen MR) is 229 cm³/mol. The molecular weight excluding hydrogens is 687 g/mol. The summed E-state index contributed by atoms with van der Waals surface area (Å²) in [5, 5.41) is 10.8. The topological polar surface area (TPSA) is 65.0 Å². The summed E-state index contributed by atoms with van der Waals surface area (Å²) in [7, 11) is 0. The monoisotopic (exact) mass is 715 g/mol. The van der Waals surface area contributed by atoms with Crippen LogP contribution in [0.1, 0.15) is 0 Å². The van der Waals surface area contributed by atoms with Crippen molar-refractivity contribution in [3.05, 3.63) is 176 Å². The van der Waals surface area contributed by atoms with E-state index in [4.69, 9.17) is 23.8 Å². The first kappa shape index (κ1) is 30.8. The normalized spacial score (nSPS) is 11.9. The molecule has 56 heavy (non-hydrogen) atoms. The molecule has 3 aromatic heterocycles. The fourth-order valence-corrected chi connectivity index (χ4v) is 8.63.